The van der Waals surface area contributed by atoms with Gasteiger partial charge in [0, 0.05) is 6.04 Å². The summed E-state index contributed by atoms with van der Waals surface area (Å²) in [5.74, 6) is 0.851. The van der Waals surface area contributed by atoms with E-state index in [0.29, 0.717) is 6.04 Å². The summed E-state index contributed by atoms with van der Waals surface area (Å²) in [6, 6.07) is 0.546. The summed E-state index contributed by atoms with van der Waals surface area (Å²) in [5.41, 5.74) is 1.26. The van der Waals surface area contributed by atoms with Gasteiger partial charge in [0.25, 0.3) is 0 Å². The fourth-order valence-corrected chi connectivity index (χ4v) is 2.29. The van der Waals surface area contributed by atoms with Crippen LogP contribution in [-0.4, -0.2) is 30.1 Å². The fourth-order valence-electron chi connectivity index (χ4n) is 2.29. The molecule has 0 aliphatic heterocycles. The Hall–Kier alpha value is -1.02. The molecule has 0 bridgehead atoms. The Balaban J connectivity index is -0.00000102. The zero-order valence-corrected chi connectivity index (χ0v) is 18.3. The Kier molecular flexibility index (Phi) is 23.2. The van der Waals surface area contributed by atoms with Crippen molar-refractivity contribution in [3.63, 3.8) is 0 Å². The summed E-state index contributed by atoms with van der Waals surface area (Å²) in [7, 11) is 0. The van der Waals surface area contributed by atoms with Gasteiger partial charge >= 0.3 is 0 Å². The van der Waals surface area contributed by atoms with Gasteiger partial charge in [0.2, 0.25) is 0 Å². The van der Waals surface area contributed by atoms with Gasteiger partial charge in [-0.05, 0) is 65.8 Å². The van der Waals surface area contributed by atoms with Crippen molar-refractivity contribution < 1.29 is 4.74 Å². The highest BCUT2D eigenvalue weighted by atomic mass is 16.5. The van der Waals surface area contributed by atoms with Crippen LogP contribution in [0.3, 0.4) is 0 Å². The molecule has 0 N–H and O–H groups in total. The van der Waals surface area contributed by atoms with Crippen LogP contribution in [0.5, 0.6) is 0 Å². The average molecular weight is 340 g/mol. The Morgan fingerprint density at radius 1 is 1.04 bits per heavy atom. The van der Waals surface area contributed by atoms with E-state index in [1.807, 2.05) is 33.8 Å². The first-order valence-corrected chi connectivity index (χ1v) is 9.82. The normalized spacial score (nSPS) is 12.9. The van der Waals surface area contributed by atoms with Crippen LogP contribution in [-0.2, 0) is 4.74 Å². The van der Waals surface area contributed by atoms with Gasteiger partial charge in [-0.1, -0.05) is 59.8 Å². The van der Waals surface area contributed by atoms with E-state index in [2.05, 4.69) is 59.1 Å². The molecule has 2 unspecified atom stereocenters. The lowest BCUT2D eigenvalue weighted by Crippen LogP contribution is -2.36. The molecule has 24 heavy (non-hydrogen) atoms. The summed E-state index contributed by atoms with van der Waals surface area (Å²) < 4.78 is 5.97. The van der Waals surface area contributed by atoms with E-state index in [0.717, 1.165) is 25.3 Å². The molecule has 2 heteroatoms. The van der Waals surface area contributed by atoms with Crippen LogP contribution in [0.15, 0.2) is 36.1 Å². The molecule has 0 fully saturated rings. The molecule has 144 valence electrons. The highest BCUT2D eigenvalue weighted by molar-refractivity contribution is 5.18. The van der Waals surface area contributed by atoms with Gasteiger partial charge in [0.1, 0.15) is 5.76 Å². The molecule has 0 saturated carbocycles. The van der Waals surface area contributed by atoms with E-state index in [1.54, 1.807) is 6.08 Å². The highest BCUT2D eigenvalue weighted by Gasteiger charge is 2.15. The van der Waals surface area contributed by atoms with Crippen molar-refractivity contribution in [2.45, 2.75) is 94.2 Å². The van der Waals surface area contributed by atoms with Gasteiger partial charge in [-0.3, -0.25) is 0 Å². The third kappa shape index (κ3) is 15.9. The summed E-state index contributed by atoms with van der Waals surface area (Å²) >= 11 is 0. The second-order valence-electron chi connectivity index (χ2n) is 5.66. The molecule has 0 amide bonds. The summed E-state index contributed by atoms with van der Waals surface area (Å²) in [4.78, 5) is 2.51. The lowest BCUT2D eigenvalue weighted by Gasteiger charge is -2.29. The molecular formula is C22H45NO. The van der Waals surface area contributed by atoms with Crippen molar-refractivity contribution in [3.8, 4) is 0 Å². The van der Waals surface area contributed by atoms with Gasteiger partial charge in [-0.15, -0.1) is 0 Å². The molecule has 0 saturated heterocycles. The Labute approximate surface area is 153 Å². The molecule has 0 aromatic rings. The summed E-state index contributed by atoms with van der Waals surface area (Å²) in [6.07, 6.45) is 8.27. The second-order valence-corrected chi connectivity index (χ2v) is 5.66. The van der Waals surface area contributed by atoms with Gasteiger partial charge in [-0.25, -0.2) is 0 Å². The molecule has 2 nitrogen and oxygen atoms in total. The first-order chi connectivity index (χ1) is 11.4. The molecule has 0 aliphatic carbocycles. The third-order valence-electron chi connectivity index (χ3n) is 3.33. The van der Waals surface area contributed by atoms with Gasteiger partial charge < -0.3 is 9.64 Å². The fraction of sp³-hybridized carbons (Fsp3) is 0.727. The highest BCUT2D eigenvalue weighted by Crippen LogP contribution is 2.13. The topological polar surface area (TPSA) is 12.5 Å². The number of ether oxygens (including phenoxy) is 1. The van der Waals surface area contributed by atoms with Crippen molar-refractivity contribution in [3.05, 3.63) is 36.1 Å². The quantitative estimate of drug-likeness (QED) is 0.314. The van der Waals surface area contributed by atoms with Gasteiger partial charge in [0.15, 0.2) is 0 Å². The van der Waals surface area contributed by atoms with Crippen molar-refractivity contribution in [2.24, 2.45) is 0 Å². The van der Waals surface area contributed by atoms with Crippen LogP contribution in [0.2, 0.25) is 0 Å². The largest absolute Gasteiger partial charge is 0.491 e. The van der Waals surface area contributed by atoms with Crippen LogP contribution in [0.4, 0.5) is 0 Å². The van der Waals surface area contributed by atoms with E-state index < -0.39 is 0 Å². The predicted octanol–water partition coefficient (Wildman–Crippen LogP) is 6.99. The van der Waals surface area contributed by atoms with Crippen molar-refractivity contribution in [1.82, 2.24) is 4.90 Å². The smallest absolute Gasteiger partial charge is 0.119 e. The molecule has 0 aromatic heterocycles. The van der Waals surface area contributed by atoms with E-state index in [1.165, 1.54) is 12.0 Å². The number of hydrogen-bond acceptors (Lipinski definition) is 2. The molecule has 2 atom stereocenters. The molecule has 0 aliphatic rings. The maximum atomic E-state index is 5.97. The number of nitrogens with zero attached hydrogens (tertiary/aromatic N) is 1. The third-order valence-corrected chi connectivity index (χ3v) is 3.33. The summed E-state index contributed by atoms with van der Waals surface area (Å²) in [5, 5.41) is 0. The minimum Gasteiger partial charge on any atom is -0.491 e. The maximum absolute atomic E-state index is 5.97. The lowest BCUT2D eigenvalue weighted by molar-refractivity contribution is 0.0937. The zero-order chi connectivity index (χ0) is 19.5. The monoisotopic (exact) mass is 339 g/mol. The number of hydrogen-bond donors (Lipinski definition) is 0. The lowest BCUT2D eigenvalue weighted by atomic mass is 10.1. The minimum atomic E-state index is 0.200. The van der Waals surface area contributed by atoms with E-state index in [9.17, 15) is 0 Å². The Morgan fingerprint density at radius 3 is 1.96 bits per heavy atom. The van der Waals surface area contributed by atoms with E-state index >= 15 is 0 Å². The molecule has 0 radical (unpaired) electrons. The predicted molar refractivity (Wildman–Crippen MR) is 113 cm³/mol. The van der Waals surface area contributed by atoms with Crippen molar-refractivity contribution in [2.75, 3.05) is 13.1 Å². The average Bonchev–Trinajstić information content (AvgIpc) is 2.59. The zero-order valence-electron chi connectivity index (χ0n) is 18.3. The van der Waals surface area contributed by atoms with Crippen LogP contribution >= 0.6 is 0 Å². The first-order valence-electron chi connectivity index (χ1n) is 9.82. The van der Waals surface area contributed by atoms with Crippen LogP contribution in [0, 0.1) is 0 Å². The summed E-state index contributed by atoms with van der Waals surface area (Å²) in [6.45, 7) is 27.1. The van der Waals surface area contributed by atoms with Crippen LogP contribution < -0.4 is 0 Å². The van der Waals surface area contributed by atoms with Gasteiger partial charge in [0.05, 0.1) is 6.10 Å². The van der Waals surface area contributed by atoms with Crippen molar-refractivity contribution in [1.29, 1.82) is 0 Å². The van der Waals surface area contributed by atoms with Gasteiger partial charge in [-0.2, -0.15) is 0 Å². The standard InChI is InChI=1S/C18H33NO.2C2H6/c1-8-13-19(10-3)16(6)14-17(7)20-18(9-2)12-11-15(4)5;2*1-2/h9,11-12,16-17H,2,8,10,13-14H2,1,3-7H3;2*1-2H3/b18-12+;;. The Bertz CT molecular complexity index is 327. The van der Waals surface area contributed by atoms with E-state index in [-0.39, 0.29) is 6.10 Å². The molecule has 0 aromatic carbocycles. The second kappa shape index (κ2) is 20.0. The maximum Gasteiger partial charge on any atom is 0.119 e. The molecule has 0 heterocycles. The van der Waals surface area contributed by atoms with Crippen molar-refractivity contribution >= 4 is 0 Å². The number of rotatable bonds is 10. The molecule has 0 rings (SSSR count). The van der Waals surface area contributed by atoms with E-state index in [4.69, 9.17) is 4.74 Å². The molecule has 0 spiro atoms. The number of allylic oxidation sites excluding steroid dienone is 4. The molecular weight excluding hydrogens is 294 g/mol. The Morgan fingerprint density at radius 2 is 1.58 bits per heavy atom. The first kappa shape index (κ1) is 27.8. The van der Waals surface area contributed by atoms with Crippen LogP contribution in [0.1, 0.15) is 82.1 Å². The minimum absolute atomic E-state index is 0.200. The van der Waals surface area contributed by atoms with Crippen LogP contribution in [0.25, 0.3) is 0 Å². The SMILES string of the molecule is C=C/C(=C\C=C(C)C)OC(C)CC(C)N(CC)CCC.CC.CC.